The molecular formula is C16H12Cl2N2. The van der Waals surface area contributed by atoms with E-state index in [1.54, 1.807) is 16.8 Å². The maximum absolute atomic E-state index is 6.20. The van der Waals surface area contributed by atoms with E-state index in [2.05, 4.69) is 30.2 Å². The zero-order chi connectivity index (χ0) is 14.1. The molecule has 100 valence electrons. The smallest absolute Gasteiger partial charge is 0.0833 e. The van der Waals surface area contributed by atoms with Crippen molar-refractivity contribution in [2.24, 2.45) is 0 Å². The first kappa shape index (κ1) is 13.2. The second-order valence-corrected chi connectivity index (χ2v) is 5.48. The van der Waals surface area contributed by atoms with Gasteiger partial charge in [0.1, 0.15) is 0 Å². The van der Waals surface area contributed by atoms with Gasteiger partial charge in [-0.05, 0) is 30.7 Å². The highest BCUT2D eigenvalue weighted by Crippen LogP contribution is 2.26. The molecule has 0 unspecified atom stereocenters. The molecule has 0 N–H and O–H groups in total. The Kier molecular flexibility index (Phi) is 3.51. The number of rotatable bonds is 2. The number of benzene rings is 2. The molecule has 3 aromatic rings. The fourth-order valence-corrected chi connectivity index (χ4v) is 2.59. The summed E-state index contributed by atoms with van der Waals surface area (Å²) in [4.78, 5) is 0. The van der Waals surface area contributed by atoms with Gasteiger partial charge in [0.15, 0.2) is 0 Å². The number of hydrogen-bond donors (Lipinski definition) is 0. The summed E-state index contributed by atoms with van der Waals surface area (Å²) in [5.74, 6) is 0. The van der Waals surface area contributed by atoms with E-state index >= 15 is 0 Å². The molecule has 20 heavy (non-hydrogen) atoms. The molecule has 0 fully saturated rings. The highest BCUT2D eigenvalue weighted by atomic mass is 35.5. The fourth-order valence-electron chi connectivity index (χ4n) is 2.10. The second-order valence-electron chi connectivity index (χ2n) is 4.64. The maximum Gasteiger partial charge on any atom is 0.0833 e. The van der Waals surface area contributed by atoms with Crippen LogP contribution in [0.3, 0.4) is 0 Å². The van der Waals surface area contributed by atoms with E-state index in [0.29, 0.717) is 10.0 Å². The number of hydrogen-bond acceptors (Lipinski definition) is 1. The lowest BCUT2D eigenvalue weighted by Gasteiger charge is -2.04. The Labute approximate surface area is 127 Å². The average Bonchev–Trinajstić information content (AvgIpc) is 2.88. The van der Waals surface area contributed by atoms with E-state index < -0.39 is 0 Å². The highest BCUT2D eigenvalue weighted by molar-refractivity contribution is 6.35. The molecule has 0 spiro atoms. The van der Waals surface area contributed by atoms with Crippen molar-refractivity contribution < 1.29 is 0 Å². The van der Waals surface area contributed by atoms with Crippen molar-refractivity contribution in [2.75, 3.05) is 0 Å². The third-order valence-electron chi connectivity index (χ3n) is 3.09. The molecule has 2 nitrogen and oxygen atoms in total. The zero-order valence-corrected chi connectivity index (χ0v) is 12.4. The summed E-state index contributed by atoms with van der Waals surface area (Å²) >= 11 is 12.1. The van der Waals surface area contributed by atoms with Crippen LogP contribution in [0, 0.1) is 6.92 Å². The number of nitrogens with zero attached hydrogens (tertiary/aromatic N) is 2. The zero-order valence-electron chi connectivity index (χ0n) is 10.8. The summed E-state index contributed by atoms with van der Waals surface area (Å²) < 4.78 is 1.76. The first-order chi connectivity index (χ1) is 9.63. The topological polar surface area (TPSA) is 17.8 Å². The van der Waals surface area contributed by atoms with E-state index in [1.807, 2.05) is 24.5 Å². The van der Waals surface area contributed by atoms with Crippen molar-refractivity contribution in [3.8, 4) is 16.8 Å². The van der Waals surface area contributed by atoms with Crippen molar-refractivity contribution in [3.05, 3.63) is 70.5 Å². The molecule has 0 atom stereocenters. The van der Waals surface area contributed by atoms with Gasteiger partial charge in [0.25, 0.3) is 0 Å². The molecule has 0 radical (unpaired) electrons. The van der Waals surface area contributed by atoms with Gasteiger partial charge >= 0.3 is 0 Å². The Morgan fingerprint density at radius 1 is 1.00 bits per heavy atom. The van der Waals surface area contributed by atoms with Crippen molar-refractivity contribution >= 4 is 23.2 Å². The standard InChI is InChI=1S/C16H12Cl2N2/c1-11-3-2-4-12(7-11)13-9-19-20(10-13)16-6-5-14(17)8-15(16)18/h2-10H,1H3. The molecular weight excluding hydrogens is 291 g/mol. The molecule has 1 aromatic heterocycles. The van der Waals surface area contributed by atoms with Crippen molar-refractivity contribution in [3.63, 3.8) is 0 Å². The normalized spacial score (nSPS) is 10.8. The maximum atomic E-state index is 6.20. The minimum Gasteiger partial charge on any atom is -0.239 e. The lowest BCUT2D eigenvalue weighted by Crippen LogP contribution is -1.94. The van der Waals surface area contributed by atoms with Crippen molar-refractivity contribution in [1.82, 2.24) is 9.78 Å². The fraction of sp³-hybridized carbons (Fsp3) is 0.0625. The van der Waals surface area contributed by atoms with E-state index in [1.165, 1.54) is 5.56 Å². The third kappa shape index (κ3) is 2.58. The van der Waals surface area contributed by atoms with Crippen LogP contribution in [0.25, 0.3) is 16.8 Å². The molecule has 0 aliphatic rings. The lowest BCUT2D eigenvalue weighted by molar-refractivity contribution is 0.881. The Hall–Kier alpha value is -1.77. The Morgan fingerprint density at radius 3 is 2.60 bits per heavy atom. The quantitative estimate of drug-likeness (QED) is 0.640. The van der Waals surface area contributed by atoms with Crippen LogP contribution in [0.1, 0.15) is 5.56 Å². The van der Waals surface area contributed by atoms with Gasteiger partial charge in [0, 0.05) is 16.8 Å². The Balaban J connectivity index is 2.02. The molecule has 2 aromatic carbocycles. The summed E-state index contributed by atoms with van der Waals surface area (Å²) in [6, 6.07) is 13.7. The Morgan fingerprint density at radius 2 is 1.85 bits per heavy atom. The molecule has 0 bridgehead atoms. The predicted molar refractivity (Wildman–Crippen MR) is 83.8 cm³/mol. The van der Waals surface area contributed by atoms with Crippen LogP contribution in [0.2, 0.25) is 10.0 Å². The van der Waals surface area contributed by atoms with E-state index in [-0.39, 0.29) is 0 Å². The average molecular weight is 303 g/mol. The number of aryl methyl sites for hydroxylation is 1. The molecule has 1 heterocycles. The molecule has 0 amide bonds. The largest absolute Gasteiger partial charge is 0.239 e. The van der Waals surface area contributed by atoms with Crippen LogP contribution in [-0.2, 0) is 0 Å². The Bertz CT molecular complexity index is 763. The summed E-state index contributed by atoms with van der Waals surface area (Å²) in [7, 11) is 0. The van der Waals surface area contributed by atoms with E-state index in [0.717, 1.165) is 16.8 Å². The molecule has 0 aliphatic carbocycles. The summed E-state index contributed by atoms with van der Waals surface area (Å²) in [6.07, 6.45) is 3.80. The first-order valence-electron chi connectivity index (χ1n) is 6.20. The monoisotopic (exact) mass is 302 g/mol. The summed E-state index contributed by atoms with van der Waals surface area (Å²) in [5, 5.41) is 5.57. The SMILES string of the molecule is Cc1cccc(-c2cnn(-c3ccc(Cl)cc3Cl)c2)c1. The van der Waals surface area contributed by atoms with Crippen LogP contribution in [0.15, 0.2) is 54.9 Å². The van der Waals surface area contributed by atoms with Gasteiger partial charge in [-0.2, -0.15) is 5.10 Å². The van der Waals surface area contributed by atoms with Crippen molar-refractivity contribution in [1.29, 1.82) is 0 Å². The van der Waals surface area contributed by atoms with Crippen LogP contribution in [0.5, 0.6) is 0 Å². The first-order valence-corrected chi connectivity index (χ1v) is 6.96. The van der Waals surface area contributed by atoms with Gasteiger partial charge in [-0.25, -0.2) is 4.68 Å². The predicted octanol–water partition coefficient (Wildman–Crippen LogP) is 5.15. The van der Waals surface area contributed by atoms with Gasteiger partial charge in [-0.15, -0.1) is 0 Å². The second kappa shape index (κ2) is 5.31. The van der Waals surface area contributed by atoms with Crippen LogP contribution in [0.4, 0.5) is 0 Å². The molecule has 0 saturated heterocycles. The highest BCUT2D eigenvalue weighted by Gasteiger charge is 2.07. The van der Waals surface area contributed by atoms with Crippen molar-refractivity contribution in [2.45, 2.75) is 6.92 Å². The number of aromatic nitrogens is 2. The van der Waals surface area contributed by atoms with Crippen LogP contribution in [-0.4, -0.2) is 9.78 Å². The molecule has 3 rings (SSSR count). The molecule has 0 aliphatic heterocycles. The third-order valence-corrected chi connectivity index (χ3v) is 3.63. The van der Waals surface area contributed by atoms with Crippen LogP contribution >= 0.6 is 23.2 Å². The van der Waals surface area contributed by atoms with Gasteiger partial charge in [0.2, 0.25) is 0 Å². The number of halogens is 2. The van der Waals surface area contributed by atoms with Gasteiger partial charge in [0.05, 0.1) is 16.9 Å². The lowest BCUT2D eigenvalue weighted by atomic mass is 10.1. The minimum atomic E-state index is 0.580. The minimum absolute atomic E-state index is 0.580. The van der Waals surface area contributed by atoms with Gasteiger partial charge < -0.3 is 0 Å². The molecule has 0 saturated carbocycles. The van der Waals surface area contributed by atoms with Gasteiger partial charge in [-0.3, -0.25) is 0 Å². The van der Waals surface area contributed by atoms with E-state index in [9.17, 15) is 0 Å². The van der Waals surface area contributed by atoms with E-state index in [4.69, 9.17) is 23.2 Å². The summed E-state index contributed by atoms with van der Waals surface area (Å²) in [6.45, 7) is 2.07. The van der Waals surface area contributed by atoms with Crippen LogP contribution < -0.4 is 0 Å². The molecule has 4 heteroatoms. The van der Waals surface area contributed by atoms with Gasteiger partial charge in [-0.1, -0.05) is 53.0 Å². The summed E-state index contributed by atoms with van der Waals surface area (Å²) in [5.41, 5.74) is 4.23.